The van der Waals surface area contributed by atoms with Gasteiger partial charge in [0, 0.05) is 35.4 Å². The fourth-order valence-electron chi connectivity index (χ4n) is 1.44. The molecule has 2 unspecified atom stereocenters. The second-order valence-corrected chi connectivity index (χ2v) is 6.04. The first-order chi connectivity index (χ1) is 9.45. The molecule has 8 nitrogen and oxygen atoms in total. The SMILES string of the molecule is CCNc1ncc([N+](=O)[O-])c(NCCC(C)S(C)=O)n1. The van der Waals surface area contributed by atoms with Crippen LogP contribution in [-0.4, -0.2) is 43.7 Å². The standard InChI is InChI=1S/C11H19N5O3S/c1-4-12-11-14-7-9(16(17)18)10(15-11)13-6-5-8(2)20(3)19/h7-8H,4-6H2,1-3H3,(H2,12,13,14,15). The predicted molar refractivity (Wildman–Crippen MR) is 79.5 cm³/mol. The highest BCUT2D eigenvalue weighted by molar-refractivity contribution is 7.84. The van der Waals surface area contributed by atoms with Gasteiger partial charge in [-0.3, -0.25) is 14.3 Å². The summed E-state index contributed by atoms with van der Waals surface area (Å²) in [7, 11) is -0.909. The van der Waals surface area contributed by atoms with Gasteiger partial charge in [-0.15, -0.1) is 0 Å². The molecule has 1 aromatic heterocycles. The van der Waals surface area contributed by atoms with Crippen molar-refractivity contribution in [2.45, 2.75) is 25.5 Å². The topological polar surface area (TPSA) is 110 Å². The van der Waals surface area contributed by atoms with Crippen LogP contribution >= 0.6 is 0 Å². The fraction of sp³-hybridized carbons (Fsp3) is 0.636. The smallest absolute Gasteiger partial charge is 0.329 e. The summed E-state index contributed by atoms with van der Waals surface area (Å²) in [5, 5.41) is 16.7. The monoisotopic (exact) mass is 301 g/mol. The number of anilines is 2. The first-order valence-electron chi connectivity index (χ1n) is 6.27. The van der Waals surface area contributed by atoms with Crippen LogP contribution in [0.3, 0.4) is 0 Å². The molecule has 20 heavy (non-hydrogen) atoms. The van der Waals surface area contributed by atoms with Crippen LogP contribution in [-0.2, 0) is 10.8 Å². The van der Waals surface area contributed by atoms with Crippen molar-refractivity contribution in [2.24, 2.45) is 0 Å². The molecule has 112 valence electrons. The molecule has 1 aromatic rings. The Morgan fingerprint density at radius 1 is 1.50 bits per heavy atom. The summed E-state index contributed by atoms with van der Waals surface area (Å²) in [4.78, 5) is 18.3. The molecule has 0 spiro atoms. The van der Waals surface area contributed by atoms with E-state index in [0.29, 0.717) is 25.5 Å². The van der Waals surface area contributed by atoms with Crippen LogP contribution in [0.4, 0.5) is 17.5 Å². The predicted octanol–water partition coefficient (Wildman–Crippen LogP) is 1.39. The first kappa shape index (κ1) is 16.3. The number of hydrogen-bond donors (Lipinski definition) is 2. The Balaban J connectivity index is 2.77. The largest absolute Gasteiger partial charge is 0.364 e. The lowest BCUT2D eigenvalue weighted by Crippen LogP contribution is -2.16. The van der Waals surface area contributed by atoms with Crippen LogP contribution in [0, 0.1) is 10.1 Å². The van der Waals surface area contributed by atoms with E-state index >= 15 is 0 Å². The lowest BCUT2D eigenvalue weighted by molar-refractivity contribution is -0.384. The van der Waals surface area contributed by atoms with Crippen LogP contribution in [0.2, 0.25) is 0 Å². The molecule has 1 rings (SSSR count). The molecular weight excluding hydrogens is 282 g/mol. The van der Waals surface area contributed by atoms with E-state index in [-0.39, 0.29) is 16.8 Å². The van der Waals surface area contributed by atoms with Gasteiger partial charge < -0.3 is 10.6 Å². The Bertz CT molecular complexity index is 497. The quantitative estimate of drug-likeness (QED) is 0.551. The van der Waals surface area contributed by atoms with E-state index in [1.807, 2.05) is 13.8 Å². The van der Waals surface area contributed by atoms with Crippen LogP contribution in [0.15, 0.2) is 6.20 Å². The minimum atomic E-state index is -0.909. The maximum absolute atomic E-state index is 11.2. The van der Waals surface area contributed by atoms with E-state index < -0.39 is 15.7 Å². The van der Waals surface area contributed by atoms with Crippen LogP contribution in [0.25, 0.3) is 0 Å². The van der Waals surface area contributed by atoms with Gasteiger partial charge in [0.05, 0.1) is 4.92 Å². The maximum atomic E-state index is 11.2. The van der Waals surface area contributed by atoms with Gasteiger partial charge in [-0.2, -0.15) is 4.98 Å². The fourth-order valence-corrected chi connectivity index (χ4v) is 1.89. The molecule has 9 heteroatoms. The van der Waals surface area contributed by atoms with Crippen LogP contribution in [0.5, 0.6) is 0 Å². The molecule has 0 saturated carbocycles. The van der Waals surface area contributed by atoms with Crippen molar-refractivity contribution in [3.63, 3.8) is 0 Å². The molecule has 0 bridgehead atoms. The van der Waals surface area contributed by atoms with Crippen molar-refractivity contribution in [2.75, 3.05) is 30.0 Å². The summed E-state index contributed by atoms with van der Waals surface area (Å²) in [6.07, 6.45) is 3.45. The summed E-state index contributed by atoms with van der Waals surface area (Å²) in [6, 6.07) is 0. The molecule has 0 aliphatic carbocycles. The lowest BCUT2D eigenvalue weighted by Gasteiger charge is -2.10. The summed E-state index contributed by atoms with van der Waals surface area (Å²) >= 11 is 0. The first-order valence-corrected chi connectivity index (χ1v) is 7.89. The number of aromatic nitrogens is 2. The minimum Gasteiger partial charge on any atom is -0.364 e. The van der Waals surface area contributed by atoms with E-state index in [9.17, 15) is 14.3 Å². The molecule has 0 radical (unpaired) electrons. The zero-order chi connectivity index (χ0) is 15.1. The number of rotatable bonds is 8. The van der Waals surface area contributed by atoms with Crippen LogP contribution in [0.1, 0.15) is 20.3 Å². The molecular formula is C11H19N5O3S. The van der Waals surface area contributed by atoms with Gasteiger partial charge in [-0.05, 0) is 13.3 Å². The summed E-state index contributed by atoms with van der Waals surface area (Å²) in [5.41, 5.74) is -0.170. The van der Waals surface area contributed by atoms with Crippen molar-refractivity contribution >= 4 is 28.3 Å². The normalized spacial score (nSPS) is 13.6. The molecule has 0 fully saturated rings. The Hall–Kier alpha value is -1.77. The zero-order valence-electron chi connectivity index (χ0n) is 11.8. The number of nitro groups is 1. The summed E-state index contributed by atoms with van der Waals surface area (Å²) < 4.78 is 11.2. The third-order valence-corrected chi connectivity index (χ3v) is 4.08. The van der Waals surface area contributed by atoms with Crippen molar-refractivity contribution in [1.29, 1.82) is 0 Å². The highest BCUT2D eigenvalue weighted by Crippen LogP contribution is 2.21. The molecule has 2 atom stereocenters. The summed E-state index contributed by atoms with van der Waals surface area (Å²) in [5.74, 6) is 0.516. The zero-order valence-corrected chi connectivity index (χ0v) is 12.6. The second-order valence-electron chi connectivity index (χ2n) is 4.24. The maximum Gasteiger partial charge on any atom is 0.329 e. The molecule has 2 N–H and O–H groups in total. The molecule has 0 aliphatic heterocycles. The van der Waals surface area contributed by atoms with E-state index in [0.717, 1.165) is 0 Å². The van der Waals surface area contributed by atoms with Gasteiger partial charge in [-0.1, -0.05) is 6.92 Å². The van der Waals surface area contributed by atoms with Gasteiger partial charge in [0.2, 0.25) is 11.8 Å². The highest BCUT2D eigenvalue weighted by atomic mass is 32.2. The minimum absolute atomic E-state index is 0.0247. The Labute approximate surface area is 120 Å². The number of hydrogen-bond acceptors (Lipinski definition) is 7. The van der Waals surface area contributed by atoms with Gasteiger partial charge in [0.25, 0.3) is 0 Å². The third-order valence-electron chi connectivity index (χ3n) is 2.71. The van der Waals surface area contributed by atoms with Crippen LogP contribution < -0.4 is 10.6 Å². The van der Waals surface area contributed by atoms with E-state index in [4.69, 9.17) is 0 Å². The number of nitrogens with zero attached hydrogens (tertiary/aromatic N) is 3. The molecule has 1 heterocycles. The second kappa shape index (κ2) is 7.73. The Morgan fingerprint density at radius 3 is 2.75 bits per heavy atom. The van der Waals surface area contributed by atoms with Gasteiger partial charge in [0.15, 0.2) is 0 Å². The van der Waals surface area contributed by atoms with E-state index in [1.54, 1.807) is 6.26 Å². The Kier molecular flexibility index (Phi) is 6.29. The lowest BCUT2D eigenvalue weighted by atomic mass is 10.3. The Morgan fingerprint density at radius 2 is 2.20 bits per heavy atom. The average Bonchev–Trinajstić information content (AvgIpc) is 2.38. The molecule has 0 amide bonds. The van der Waals surface area contributed by atoms with Crippen molar-refractivity contribution in [3.05, 3.63) is 16.3 Å². The highest BCUT2D eigenvalue weighted by Gasteiger charge is 2.17. The van der Waals surface area contributed by atoms with Gasteiger partial charge in [0.1, 0.15) is 6.20 Å². The molecule has 0 aromatic carbocycles. The van der Waals surface area contributed by atoms with Crippen molar-refractivity contribution in [3.8, 4) is 0 Å². The summed E-state index contributed by atoms with van der Waals surface area (Å²) in [6.45, 7) is 4.85. The van der Waals surface area contributed by atoms with Gasteiger partial charge in [-0.25, -0.2) is 4.98 Å². The van der Waals surface area contributed by atoms with Crippen molar-refractivity contribution < 1.29 is 9.13 Å². The number of nitrogens with one attached hydrogen (secondary N) is 2. The molecule has 0 saturated heterocycles. The van der Waals surface area contributed by atoms with E-state index in [1.165, 1.54) is 6.20 Å². The average molecular weight is 301 g/mol. The molecule has 0 aliphatic rings. The van der Waals surface area contributed by atoms with Crippen molar-refractivity contribution in [1.82, 2.24) is 9.97 Å². The van der Waals surface area contributed by atoms with E-state index in [2.05, 4.69) is 20.6 Å². The third kappa shape index (κ3) is 4.72. The van der Waals surface area contributed by atoms with Gasteiger partial charge >= 0.3 is 5.69 Å².